The number of hydrogen-bond donors (Lipinski definition) is 1. The van der Waals surface area contributed by atoms with Crippen LogP contribution in [-0.4, -0.2) is 48.7 Å². The van der Waals surface area contributed by atoms with E-state index in [1.54, 1.807) is 7.11 Å². The summed E-state index contributed by atoms with van der Waals surface area (Å²) in [6.45, 7) is 6.61. The van der Waals surface area contributed by atoms with Gasteiger partial charge in [-0.15, -0.1) is 0 Å². The van der Waals surface area contributed by atoms with Crippen molar-refractivity contribution in [3.8, 4) is 0 Å². The Hall–Kier alpha value is -0.610. The summed E-state index contributed by atoms with van der Waals surface area (Å²) < 4.78 is 5.52. The fourth-order valence-corrected chi connectivity index (χ4v) is 3.49. The third-order valence-corrected chi connectivity index (χ3v) is 5.15. The fraction of sp³-hybridized carbons (Fsp3) is 0.933. The summed E-state index contributed by atoms with van der Waals surface area (Å²) in [6, 6.07) is 0. The summed E-state index contributed by atoms with van der Waals surface area (Å²) in [5.41, 5.74) is -0.621. The monoisotopic (exact) mass is 268 g/mol. The summed E-state index contributed by atoms with van der Waals surface area (Å²) in [4.78, 5) is 15.1. The van der Waals surface area contributed by atoms with E-state index in [0.29, 0.717) is 0 Å². The lowest BCUT2D eigenvalue weighted by Crippen LogP contribution is -2.67. The fourth-order valence-electron chi connectivity index (χ4n) is 3.49. The molecule has 1 saturated carbocycles. The SMILES string of the molecule is CCC(C)(OC)C(=O)N1CCNCC12CCCCC2. The molecule has 1 spiro atoms. The topological polar surface area (TPSA) is 41.6 Å². The zero-order valence-corrected chi connectivity index (χ0v) is 12.6. The maximum atomic E-state index is 12.9. The van der Waals surface area contributed by atoms with Crippen molar-refractivity contribution >= 4 is 5.91 Å². The van der Waals surface area contributed by atoms with Gasteiger partial charge in [-0.25, -0.2) is 0 Å². The predicted molar refractivity (Wildman–Crippen MR) is 76.1 cm³/mol. The Kier molecular flexibility index (Phi) is 4.51. The largest absolute Gasteiger partial charge is 0.369 e. The quantitative estimate of drug-likeness (QED) is 0.850. The van der Waals surface area contributed by atoms with Crippen LogP contribution in [-0.2, 0) is 9.53 Å². The van der Waals surface area contributed by atoms with Gasteiger partial charge in [-0.1, -0.05) is 26.2 Å². The molecule has 19 heavy (non-hydrogen) atoms. The third kappa shape index (κ3) is 2.65. The zero-order chi connectivity index (χ0) is 13.9. The van der Waals surface area contributed by atoms with Crippen LogP contribution < -0.4 is 5.32 Å². The molecule has 0 aromatic carbocycles. The van der Waals surface area contributed by atoms with Crippen LogP contribution in [0.1, 0.15) is 52.4 Å². The first-order valence-electron chi connectivity index (χ1n) is 7.66. The number of nitrogens with zero attached hydrogens (tertiary/aromatic N) is 1. The molecular formula is C15H28N2O2. The molecule has 1 unspecified atom stereocenters. The number of piperazine rings is 1. The molecule has 0 aromatic rings. The van der Waals surface area contributed by atoms with Gasteiger partial charge in [0.1, 0.15) is 5.60 Å². The highest BCUT2D eigenvalue weighted by Gasteiger charge is 2.47. The Morgan fingerprint density at radius 2 is 2.05 bits per heavy atom. The molecule has 4 nitrogen and oxygen atoms in total. The Morgan fingerprint density at radius 3 is 2.63 bits per heavy atom. The van der Waals surface area contributed by atoms with E-state index in [4.69, 9.17) is 4.74 Å². The first-order chi connectivity index (χ1) is 9.08. The number of methoxy groups -OCH3 is 1. The summed E-state index contributed by atoms with van der Waals surface area (Å²) in [5, 5.41) is 3.48. The Morgan fingerprint density at radius 1 is 1.37 bits per heavy atom. The molecule has 110 valence electrons. The number of amides is 1. The van der Waals surface area contributed by atoms with Crippen LogP contribution in [0, 0.1) is 0 Å². The minimum atomic E-state index is -0.665. The van der Waals surface area contributed by atoms with Crippen molar-refractivity contribution in [3.05, 3.63) is 0 Å². The number of carbonyl (C=O) groups excluding carboxylic acids is 1. The van der Waals surface area contributed by atoms with Gasteiger partial charge in [0.2, 0.25) is 0 Å². The van der Waals surface area contributed by atoms with E-state index in [1.165, 1.54) is 19.3 Å². The highest BCUT2D eigenvalue weighted by atomic mass is 16.5. The van der Waals surface area contributed by atoms with Gasteiger partial charge in [-0.2, -0.15) is 0 Å². The van der Waals surface area contributed by atoms with Crippen molar-refractivity contribution in [1.29, 1.82) is 0 Å². The van der Waals surface area contributed by atoms with Crippen LogP contribution in [0.25, 0.3) is 0 Å². The smallest absolute Gasteiger partial charge is 0.255 e. The van der Waals surface area contributed by atoms with Gasteiger partial charge in [-0.3, -0.25) is 4.79 Å². The van der Waals surface area contributed by atoms with Crippen LogP contribution in [0.4, 0.5) is 0 Å². The van der Waals surface area contributed by atoms with Crippen molar-refractivity contribution in [2.24, 2.45) is 0 Å². The lowest BCUT2D eigenvalue weighted by atomic mass is 9.78. The second-order valence-corrected chi connectivity index (χ2v) is 6.21. The average Bonchev–Trinajstić information content (AvgIpc) is 2.47. The van der Waals surface area contributed by atoms with Crippen LogP contribution in [0.5, 0.6) is 0 Å². The Bertz CT molecular complexity index is 312. The van der Waals surface area contributed by atoms with Crippen molar-refractivity contribution in [3.63, 3.8) is 0 Å². The van der Waals surface area contributed by atoms with E-state index >= 15 is 0 Å². The second-order valence-electron chi connectivity index (χ2n) is 6.21. The third-order valence-electron chi connectivity index (χ3n) is 5.15. The van der Waals surface area contributed by atoms with Crippen molar-refractivity contribution in [1.82, 2.24) is 10.2 Å². The summed E-state index contributed by atoms with van der Waals surface area (Å²) in [7, 11) is 1.65. The highest BCUT2D eigenvalue weighted by Crippen LogP contribution is 2.36. The van der Waals surface area contributed by atoms with Crippen molar-refractivity contribution in [2.45, 2.75) is 63.5 Å². The minimum Gasteiger partial charge on any atom is -0.369 e. The van der Waals surface area contributed by atoms with Crippen LogP contribution in [0.3, 0.4) is 0 Å². The molecule has 1 amide bonds. The number of ether oxygens (including phenoxy) is 1. The Balaban J connectivity index is 2.22. The molecule has 0 aromatic heterocycles. The van der Waals surface area contributed by atoms with E-state index in [-0.39, 0.29) is 11.4 Å². The van der Waals surface area contributed by atoms with E-state index in [9.17, 15) is 4.79 Å². The zero-order valence-electron chi connectivity index (χ0n) is 12.6. The average molecular weight is 268 g/mol. The molecule has 1 N–H and O–H groups in total. The molecule has 2 rings (SSSR count). The van der Waals surface area contributed by atoms with Gasteiger partial charge < -0.3 is 15.0 Å². The lowest BCUT2D eigenvalue weighted by molar-refractivity contribution is -0.163. The normalized spacial score (nSPS) is 26.2. The standard InChI is InChI=1S/C15H28N2O2/c1-4-14(2,19-3)13(18)17-11-10-16-12-15(17)8-6-5-7-9-15/h16H,4-12H2,1-3H3. The Labute approximate surface area is 116 Å². The van der Waals surface area contributed by atoms with E-state index in [0.717, 1.165) is 38.9 Å². The number of rotatable bonds is 3. The van der Waals surface area contributed by atoms with Crippen LogP contribution >= 0.6 is 0 Å². The molecule has 1 aliphatic carbocycles. The minimum absolute atomic E-state index is 0.0442. The first kappa shape index (κ1) is 14.8. The number of carbonyl (C=O) groups is 1. The molecule has 1 heterocycles. The lowest BCUT2D eigenvalue weighted by Gasteiger charge is -2.51. The highest BCUT2D eigenvalue weighted by molar-refractivity contribution is 5.85. The summed E-state index contributed by atoms with van der Waals surface area (Å²) >= 11 is 0. The number of hydrogen-bond acceptors (Lipinski definition) is 3. The van der Waals surface area contributed by atoms with E-state index in [2.05, 4.69) is 10.2 Å². The molecule has 0 radical (unpaired) electrons. The van der Waals surface area contributed by atoms with Gasteiger partial charge in [0, 0.05) is 26.7 Å². The maximum absolute atomic E-state index is 12.9. The summed E-state index contributed by atoms with van der Waals surface area (Å²) in [5.74, 6) is 0.181. The van der Waals surface area contributed by atoms with Gasteiger partial charge in [0.25, 0.3) is 5.91 Å². The van der Waals surface area contributed by atoms with Gasteiger partial charge in [-0.05, 0) is 26.2 Å². The molecule has 2 aliphatic rings. The van der Waals surface area contributed by atoms with Crippen LogP contribution in [0.2, 0.25) is 0 Å². The molecule has 1 aliphatic heterocycles. The van der Waals surface area contributed by atoms with E-state index in [1.807, 2.05) is 13.8 Å². The van der Waals surface area contributed by atoms with Gasteiger partial charge >= 0.3 is 0 Å². The summed E-state index contributed by atoms with van der Waals surface area (Å²) in [6.07, 6.45) is 6.77. The molecular weight excluding hydrogens is 240 g/mol. The predicted octanol–water partition coefficient (Wildman–Crippen LogP) is 1.94. The molecule has 1 atom stereocenters. The molecule has 1 saturated heterocycles. The maximum Gasteiger partial charge on any atom is 0.255 e. The molecule has 4 heteroatoms. The van der Waals surface area contributed by atoms with E-state index < -0.39 is 5.60 Å². The molecule has 2 fully saturated rings. The molecule has 0 bridgehead atoms. The van der Waals surface area contributed by atoms with Gasteiger partial charge in [0.15, 0.2) is 0 Å². The number of nitrogens with one attached hydrogen (secondary N) is 1. The van der Waals surface area contributed by atoms with Crippen molar-refractivity contribution in [2.75, 3.05) is 26.7 Å². The second kappa shape index (κ2) is 5.80. The first-order valence-corrected chi connectivity index (χ1v) is 7.66. The van der Waals surface area contributed by atoms with Crippen LogP contribution in [0.15, 0.2) is 0 Å². The van der Waals surface area contributed by atoms with Crippen molar-refractivity contribution < 1.29 is 9.53 Å². The van der Waals surface area contributed by atoms with Gasteiger partial charge in [0.05, 0.1) is 5.54 Å².